The smallest absolute Gasteiger partial charge is 0.217 e. The lowest BCUT2D eigenvalue weighted by Gasteiger charge is -2.16. The van der Waals surface area contributed by atoms with Crippen molar-refractivity contribution in [3.05, 3.63) is 35.4 Å². The van der Waals surface area contributed by atoms with Gasteiger partial charge in [-0.2, -0.15) is 0 Å². The third-order valence-electron chi connectivity index (χ3n) is 3.32. The zero-order chi connectivity index (χ0) is 13.8. The molecule has 0 radical (unpaired) electrons. The molecule has 1 unspecified atom stereocenters. The van der Waals surface area contributed by atoms with Crippen LogP contribution in [-0.2, 0) is 11.3 Å². The van der Waals surface area contributed by atoms with Gasteiger partial charge in [0.15, 0.2) is 0 Å². The summed E-state index contributed by atoms with van der Waals surface area (Å²) in [4.78, 5) is 13.8. The van der Waals surface area contributed by atoms with Gasteiger partial charge in [-0.1, -0.05) is 36.5 Å². The van der Waals surface area contributed by atoms with E-state index in [0.717, 1.165) is 31.6 Å². The number of hydrogen-bond acceptors (Lipinski definition) is 3. The number of likely N-dealkylation sites (tertiary alicyclic amines) is 1. The minimum atomic E-state index is 0.0488. The first-order chi connectivity index (χ1) is 9.04. The molecule has 1 aliphatic heterocycles. The van der Waals surface area contributed by atoms with E-state index >= 15 is 0 Å². The Balaban J connectivity index is 1.88. The fourth-order valence-corrected chi connectivity index (χ4v) is 2.55. The topological polar surface area (TPSA) is 58.4 Å². The minimum Gasteiger partial charge on any atom is -0.389 e. The molecule has 1 amide bonds. The number of nitrogens with two attached hydrogens (primary N) is 1. The van der Waals surface area contributed by atoms with Crippen LogP contribution in [0.25, 0.3) is 0 Å². The van der Waals surface area contributed by atoms with Crippen molar-refractivity contribution in [2.45, 2.75) is 25.9 Å². The highest BCUT2D eigenvalue weighted by Crippen LogP contribution is 2.14. The van der Waals surface area contributed by atoms with Crippen LogP contribution in [0, 0.1) is 0 Å². The van der Waals surface area contributed by atoms with Crippen molar-refractivity contribution < 1.29 is 4.79 Å². The van der Waals surface area contributed by atoms with Crippen LogP contribution in [0.4, 0.5) is 0 Å². The van der Waals surface area contributed by atoms with E-state index in [2.05, 4.69) is 22.3 Å². The molecule has 0 aliphatic carbocycles. The lowest BCUT2D eigenvalue weighted by molar-refractivity contribution is -0.119. The number of nitrogens with one attached hydrogen (secondary N) is 1. The second kappa shape index (κ2) is 6.12. The van der Waals surface area contributed by atoms with Gasteiger partial charge in [-0.3, -0.25) is 9.69 Å². The standard InChI is InChI=1S/C14H19N3OS/c1-10(18)16-13-6-7-17(9-13)8-11-2-4-12(5-3-11)14(15)19/h2-5,13H,6-9H2,1H3,(H2,15,19)(H,16,18). The third-order valence-corrected chi connectivity index (χ3v) is 3.56. The monoisotopic (exact) mass is 277 g/mol. The number of thiocarbonyl (C=S) groups is 1. The highest BCUT2D eigenvalue weighted by Gasteiger charge is 2.22. The maximum Gasteiger partial charge on any atom is 0.217 e. The number of rotatable bonds is 4. The van der Waals surface area contributed by atoms with Crippen LogP contribution in [0.15, 0.2) is 24.3 Å². The molecule has 1 aromatic rings. The number of hydrogen-bond donors (Lipinski definition) is 2. The molecule has 1 atom stereocenters. The van der Waals surface area contributed by atoms with Crippen LogP contribution in [-0.4, -0.2) is 34.9 Å². The molecule has 4 nitrogen and oxygen atoms in total. The normalized spacial score (nSPS) is 19.3. The molecule has 1 aromatic carbocycles. The Kier molecular flexibility index (Phi) is 4.50. The van der Waals surface area contributed by atoms with Crippen molar-refractivity contribution in [1.29, 1.82) is 0 Å². The predicted molar refractivity (Wildman–Crippen MR) is 79.8 cm³/mol. The first-order valence-electron chi connectivity index (χ1n) is 6.43. The summed E-state index contributed by atoms with van der Waals surface area (Å²) < 4.78 is 0. The Labute approximate surface area is 119 Å². The average Bonchev–Trinajstić information content (AvgIpc) is 2.76. The number of carbonyl (C=O) groups is 1. The molecular weight excluding hydrogens is 258 g/mol. The van der Waals surface area contributed by atoms with Crippen LogP contribution >= 0.6 is 12.2 Å². The second-order valence-electron chi connectivity index (χ2n) is 4.98. The van der Waals surface area contributed by atoms with Crippen LogP contribution in [0.5, 0.6) is 0 Å². The van der Waals surface area contributed by atoms with E-state index in [1.54, 1.807) is 6.92 Å². The van der Waals surface area contributed by atoms with E-state index < -0.39 is 0 Å². The van der Waals surface area contributed by atoms with Crippen molar-refractivity contribution in [3.63, 3.8) is 0 Å². The van der Waals surface area contributed by atoms with Crippen molar-refractivity contribution in [3.8, 4) is 0 Å². The minimum absolute atomic E-state index is 0.0488. The number of benzene rings is 1. The van der Waals surface area contributed by atoms with E-state index in [1.807, 2.05) is 12.1 Å². The molecule has 0 bridgehead atoms. The first kappa shape index (κ1) is 14.0. The molecule has 102 valence electrons. The van der Waals surface area contributed by atoms with Gasteiger partial charge in [0.1, 0.15) is 4.99 Å². The molecule has 1 aliphatic rings. The molecule has 0 saturated carbocycles. The van der Waals surface area contributed by atoms with Gasteiger partial charge < -0.3 is 11.1 Å². The zero-order valence-corrected chi connectivity index (χ0v) is 11.9. The predicted octanol–water partition coefficient (Wildman–Crippen LogP) is 1.03. The summed E-state index contributed by atoms with van der Waals surface area (Å²) in [5, 5.41) is 2.97. The SMILES string of the molecule is CC(=O)NC1CCN(Cc2ccc(C(N)=S)cc2)C1. The van der Waals surface area contributed by atoms with Crippen molar-refractivity contribution in [2.24, 2.45) is 5.73 Å². The summed E-state index contributed by atoms with van der Waals surface area (Å²) >= 11 is 4.93. The van der Waals surface area contributed by atoms with Gasteiger partial charge in [-0.25, -0.2) is 0 Å². The van der Waals surface area contributed by atoms with Gasteiger partial charge >= 0.3 is 0 Å². The molecule has 2 rings (SSSR count). The number of carbonyl (C=O) groups excluding carboxylic acids is 1. The fourth-order valence-electron chi connectivity index (χ4n) is 2.41. The highest BCUT2D eigenvalue weighted by molar-refractivity contribution is 7.80. The average molecular weight is 277 g/mol. The van der Waals surface area contributed by atoms with Crippen LogP contribution in [0.3, 0.4) is 0 Å². The molecule has 19 heavy (non-hydrogen) atoms. The number of nitrogens with zero attached hydrogens (tertiary/aromatic N) is 1. The molecule has 1 fully saturated rings. The summed E-state index contributed by atoms with van der Waals surface area (Å²) in [5.74, 6) is 0.0488. The fraction of sp³-hybridized carbons (Fsp3) is 0.429. The molecule has 5 heteroatoms. The van der Waals surface area contributed by atoms with E-state index in [4.69, 9.17) is 18.0 Å². The maximum absolute atomic E-state index is 11.0. The quantitative estimate of drug-likeness (QED) is 0.807. The summed E-state index contributed by atoms with van der Waals surface area (Å²) in [6.45, 7) is 4.39. The Bertz CT molecular complexity index is 472. The lowest BCUT2D eigenvalue weighted by atomic mass is 10.1. The highest BCUT2D eigenvalue weighted by atomic mass is 32.1. The van der Waals surface area contributed by atoms with Gasteiger partial charge in [-0.05, 0) is 12.0 Å². The molecule has 3 N–H and O–H groups in total. The Hall–Kier alpha value is -1.46. The summed E-state index contributed by atoms with van der Waals surface area (Å²) in [7, 11) is 0. The number of amides is 1. The first-order valence-corrected chi connectivity index (χ1v) is 6.83. The van der Waals surface area contributed by atoms with E-state index in [9.17, 15) is 4.79 Å². The van der Waals surface area contributed by atoms with E-state index in [1.165, 1.54) is 5.56 Å². The molecule has 0 aromatic heterocycles. The van der Waals surface area contributed by atoms with Gasteiger partial charge in [0, 0.05) is 38.2 Å². The second-order valence-corrected chi connectivity index (χ2v) is 5.42. The molecular formula is C14H19N3OS. The van der Waals surface area contributed by atoms with Crippen molar-refractivity contribution in [1.82, 2.24) is 10.2 Å². The molecule has 1 saturated heterocycles. The third kappa shape index (κ3) is 4.01. The molecule has 0 spiro atoms. The Morgan fingerprint density at radius 2 is 2.16 bits per heavy atom. The summed E-state index contributed by atoms with van der Waals surface area (Å²) in [6.07, 6.45) is 1.02. The van der Waals surface area contributed by atoms with Crippen LogP contribution < -0.4 is 11.1 Å². The largest absolute Gasteiger partial charge is 0.389 e. The Morgan fingerprint density at radius 3 is 2.74 bits per heavy atom. The maximum atomic E-state index is 11.0. The van der Waals surface area contributed by atoms with E-state index in [-0.39, 0.29) is 11.9 Å². The lowest BCUT2D eigenvalue weighted by Crippen LogP contribution is -2.35. The van der Waals surface area contributed by atoms with Gasteiger partial charge in [0.05, 0.1) is 0 Å². The van der Waals surface area contributed by atoms with Crippen LogP contribution in [0.2, 0.25) is 0 Å². The summed E-state index contributed by atoms with van der Waals surface area (Å²) in [5.41, 5.74) is 7.71. The van der Waals surface area contributed by atoms with Gasteiger partial charge in [-0.15, -0.1) is 0 Å². The van der Waals surface area contributed by atoms with Gasteiger partial charge in [0.2, 0.25) is 5.91 Å². The summed E-state index contributed by atoms with van der Waals surface area (Å²) in [6, 6.07) is 8.31. The van der Waals surface area contributed by atoms with Crippen molar-refractivity contribution >= 4 is 23.1 Å². The van der Waals surface area contributed by atoms with Gasteiger partial charge in [0.25, 0.3) is 0 Å². The Morgan fingerprint density at radius 1 is 1.47 bits per heavy atom. The zero-order valence-electron chi connectivity index (χ0n) is 11.1. The van der Waals surface area contributed by atoms with E-state index in [0.29, 0.717) is 4.99 Å². The van der Waals surface area contributed by atoms with Crippen molar-refractivity contribution in [2.75, 3.05) is 13.1 Å². The van der Waals surface area contributed by atoms with Crippen LogP contribution in [0.1, 0.15) is 24.5 Å². The molecule has 1 heterocycles.